The van der Waals surface area contributed by atoms with Gasteiger partial charge in [-0.3, -0.25) is 4.18 Å². The molecule has 0 aromatic rings. The van der Waals surface area contributed by atoms with Crippen LogP contribution < -0.4 is 0 Å². The monoisotopic (exact) mass is 256 g/mol. The highest BCUT2D eigenvalue weighted by atomic mass is 32.2. The molecule has 16 heavy (non-hydrogen) atoms. The predicted octanol–water partition coefficient (Wildman–Crippen LogP) is 3.08. The van der Waals surface area contributed by atoms with Gasteiger partial charge < -0.3 is 0 Å². The molecule has 96 valence electrons. The summed E-state index contributed by atoms with van der Waals surface area (Å²) in [7, 11) is -3.33. The molecule has 0 saturated heterocycles. The molecule has 0 aromatic heterocycles. The van der Waals surface area contributed by atoms with Gasteiger partial charge in [0, 0.05) is 0 Å². The van der Waals surface area contributed by atoms with E-state index in [1.807, 2.05) is 0 Å². The molecule has 3 nitrogen and oxygen atoms in total. The minimum absolute atomic E-state index is 0.206. The summed E-state index contributed by atoms with van der Waals surface area (Å²) in [5.41, 5.74) is 0. The largest absolute Gasteiger partial charge is 0.270 e. The van der Waals surface area contributed by atoms with E-state index in [9.17, 15) is 17.2 Å². The first kappa shape index (κ1) is 15.5. The topological polar surface area (TPSA) is 43.4 Å². The molecular formula is C10H18F2O3S. The van der Waals surface area contributed by atoms with Crippen LogP contribution in [0.1, 0.15) is 38.5 Å². The van der Waals surface area contributed by atoms with E-state index >= 15 is 0 Å². The number of rotatable bonds is 9. The van der Waals surface area contributed by atoms with E-state index < -0.39 is 16.2 Å². The van der Waals surface area contributed by atoms with Crippen LogP contribution in [0.2, 0.25) is 0 Å². The smallest absolute Gasteiger partial charge is 0.266 e. The molecule has 0 aliphatic heterocycles. The van der Waals surface area contributed by atoms with Gasteiger partial charge in [-0.1, -0.05) is 19.3 Å². The van der Waals surface area contributed by atoms with Crippen molar-refractivity contribution >= 4 is 10.1 Å². The number of hydrogen-bond donors (Lipinski definition) is 0. The van der Waals surface area contributed by atoms with Crippen molar-refractivity contribution < 1.29 is 21.4 Å². The van der Waals surface area contributed by atoms with Crippen molar-refractivity contribution in [2.75, 3.05) is 12.9 Å². The molecule has 0 radical (unpaired) electrons. The van der Waals surface area contributed by atoms with Crippen LogP contribution in [0.5, 0.6) is 0 Å². The van der Waals surface area contributed by atoms with Gasteiger partial charge in [0.2, 0.25) is 0 Å². The van der Waals surface area contributed by atoms with E-state index in [4.69, 9.17) is 0 Å². The minimum atomic E-state index is -3.33. The molecular weight excluding hydrogens is 238 g/mol. The molecule has 0 aliphatic carbocycles. The van der Waals surface area contributed by atoms with Crippen molar-refractivity contribution in [2.45, 2.75) is 38.5 Å². The Morgan fingerprint density at radius 2 is 1.69 bits per heavy atom. The Bertz CT molecular complexity index is 295. The summed E-state index contributed by atoms with van der Waals surface area (Å²) in [5.74, 6) is 0. The molecule has 0 fully saturated rings. The first-order chi connectivity index (χ1) is 7.42. The second-order valence-corrected chi connectivity index (χ2v) is 5.22. The van der Waals surface area contributed by atoms with Gasteiger partial charge in [-0.2, -0.15) is 17.2 Å². The van der Waals surface area contributed by atoms with Gasteiger partial charge in [-0.05, 0) is 25.3 Å². The second kappa shape index (κ2) is 8.64. The fourth-order valence-electron chi connectivity index (χ4n) is 1.20. The van der Waals surface area contributed by atoms with E-state index in [0.29, 0.717) is 12.8 Å². The van der Waals surface area contributed by atoms with Crippen LogP contribution in [0.3, 0.4) is 0 Å². The highest BCUT2D eigenvalue weighted by Crippen LogP contribution is 2.08. The zero-order valence-electron chi connectivity index (χ0n) is 9.42. The summed E-state index contributed by atoms with van der Waals surface area (Å²) in [6.07, 6.45) is 4.79. The predicted molar refractivity (Wildman–Crippen MR) is 58.8 cm³/mol. The highest BCUT2D eigenvalue weighted by molar-refractivity contribution is 7.85. The zero-order valence-corrected chi connectivity index (χ0v) is 10.2. The number of allylic oxidation sites excluding steroid dienone is 1. The molecule has 0 atom stereocenters. The van der Waals surface area contributed by atoms with E-state index in [1.54, 1.807) is 0 Å². The Labute approximate surface area is 95.6 Å². The van der Waals surface area contributed by atoms with Crippen LogP contribution in [-0.2, 0) is 14.3 Å². The number of halogens is 2. The van der Waals surface area contributed by atoms with Crippen molar-refractivity contribution in [3.63, 3.8) is 0 Å². The third-order valence-corrected chi connectivity index (χ3v) is 2.54. The molecule has 0 amide bonds. The fourth-order valence-corrected chi connectivity index (χ4v) is 1.62. The van der Waals surface area contributed by atoms with Crippen molar-refractivity contribution in [3.05, 3.63) is 12.2 Å². The molecule has 0 spiro atoms. The highest BCUT2D eigenvalue weighted by Gasteiger charge is 2.00. The number of unbranched alkanes of at least 4 members (excludes halogenated alkanes) is 5. The van der Waals surface area contributed by atoms with Gasteiger partial charge >= 0.3 is 0 Å². The van der Waals surface area contributed by atoms with Crippen molar-refractivity contribution in [3.8, 4) is 0 Å². The summed E-state index contributed by atoms with van der Waals surface area (Å²) < 4.78 is 48.9. The van der Waals surface area contributed by atoms with Gasteiger partial charge in [0.05, 0.1) is 12.9 Å². The van der Waals surface area contributed by atoms with E-state index in [-0.39, 0.29) is 6.61 Å². The molecule has 0 aliphatic rings. The Morgan fingerprint density at radius 1 is 1.12 bits per heavy atom. The number of hydrogen-bond acceptors (Lipinski definition) is 3. The fraction of sp³-hybridized carbons (Fsp3) is 0.800. The SMILES string of the molecule is CS(=O)(=O)OCCCCCCCC=C(F)F. The lowest BCUT2D eigenvalue weighted by atomic mass is 10.1. The van der Waals surface area contributed by atoms with E-state index in [1.165, 1.54) is 0 Å². The Hall–Kier alpha value is -0.490. The average Bonchev–Trinajstić information content (AvgIpc) is 2.13. The maximum absolute atomic E-state index is 11.6. The quantitative estimate of drug-likeness (QED) is 0.470. The Balaban J connectivity index is 3.19. The molecule has 0 rings (SSSR count). The van der Waals surface area contributed by atoms with Gasteiger partial charge in [-0.25, -0.2) is 0 Å². The molecule has 0 N–H and O–H groups in total. The molecule has 0 saturated carbocycles. The van der Waals surface area contributed by atoms with Gasteiger partial charge in [-0.15, -0.1) is 0 Å². The first-order valence-corrected chi connectivity index (χ1v) is 7.09. The third kappa shape index (κ3) is 13.5. The van der Waals surface area contributed by atoms with Crippen molar-refractivity contribution in [2.24, 2.45) is 0 Å². The van der Waals surface area contributed by atoms with E-state index in [2.05, 4.69) is 4.18 Å². The Morgan fingerprint density at radius 3 is 2.25 bits per heavy atom. The third-order valence-electron chi connectivity index (χ3n) is 1.94. The van der Waals surface area contributed by atoms with Crippen LogP contribution in [0.15, 0.2) is 12.2 Å². The molecule has 0 heterocycles. The van der Waals surface area contributed by atoms with Gasteiger partial charge in [0.25, 0.3) is 16.2 Å². The molecule has 6 heteroatoms. The van der Waals surface area contributed by atoms with Crippen LogP contribution in [0.25, 0.3) is 0 Å². The molecule has 0 unspecified atom stereocenters. The maximum atomic E-state index is 11.6. The molecule has 0 aromatic carbocycles. The lowest BCUT2D eigenvalue weighted by molar-refractivity contribution is 0.309. The van der Waals surface area contributed by atoms with Crippen LogP contribution >= 0.6 is 0 Å². The van der Waals surface area contributed by atoms with E-state index in [0.717, 1.165) is 38.0 Å². The summed E-state index contributed by atoms with van der Waals surface area (Å²) in [6, 6.07) is 0. The lowest BCUT2D eigenvalue weighted by Gasteiger charge is -2.01. The Kier molecular flexibility index (Phi) is 8.37. The summed E-state index contributed by atoms with van der Waals surface area (Å²) in [4.78, 5) is 0. The van der Waals surface area contributed by atoms with Gasteiger partial charge in [0.1, 0.15) is 0 Å². The lowest BCUT2D eigenvalue weighted by Crippen LogP contribution is -2.03. The zero-order chi connectivity index (χ0) is 12.4. The van der Waals surface area contributed by atoms with Crippen LogP contribution in [0, 0.1) is 0 Å². The summed E-state index contributed by atoms with van der Waals surface area (Å²) in [5, 5.41) is 0. The maximum Gasteiger partial charge on any atom is 0.266 e. The average molecular weight is 256 g/mol. The summed E-state index contributed by atoms with van der Waals surface area (Å²) in [6.45, 7) is 0.206. The van der Waals surface area contributed by atoms with Crippen LogP contribution in [-0.4, -0.2) is 21.3 Å². The van der Waals surface area contributed by atoms with Crippen molar-refractivity contribution in [1.29, 1.82) is 0 Å². The normalized spacial score (nSPS) is 11.4. The standard InChI is InChI=1S/C10H18F2O3S/c1-16(13,14)15-9-7-5-3-2-4-6-8-10(11)12/h8H,2-7,9H2,1H3. The molecule has 0 bridgehead atoms. The van der Waals surface area contributed by atoms with Crippen molar-refractivity contribution in [1.82, 2.24) is 0 Å². The second-order valence-electron chi connectivity index (χ2n) is 3.58. The van der Waals surface area contributed by atoms with Crippen LogP contribution in [0.4, 0.5) is 8.78 Å². The minimum Gasteiger partial charge on any atom is -0.270 e. The first-order valence-electron chi connectivity index (χ1n) is 5.27. The summed E-state index contributed by atoms with van der Waals surface area (Å²) >= 11 is 0. The van der Waals surface area contributed by atoms with Gasteiger partial charge in [0.15, 0.2) is 0 Å².